The SMILES string of the molecule is CCNC(=NCCCC(=O)N1Cc2ccccc2C1)NCCc1ncc(CC)s1. The van der Waals surface area contributed by atoms with E-state index in [2.05, 4.69) is 46.6 Å². The average Bonchev–Trinajstić information content (AvgIpc) is 3.37. The Kier molecular flexibility index (Phi) is 8.04. The molecule has 3 rings (SSSR count). The van der Waals surface area contributed by atoms with E-state index in [0.717, 1.165) is 56.4 Å². The quantitative estimate of drug-likeness (QED) is 0.376. The van der Waals surface area contributed by atoms with E-state index in [1.807, 2.05) is 23.2 Å². The number of nitrogens with one attached hydrogen (secondary N) is 2. The molecule has 0 radical (unpaired) electrons. The molecule has 1 amide bonds. The zero-order valence-electron chi connectivity index (χ0n) is 17.4. The van der Waals surface area contributed by atoms with E-state index in [0.29, 0.717) is 13.0 Å². The summed E-state index contributed by atoms with van der Waals surface area (Å²) in [6.45, 7) is 7.93. The Labute approximate surface area is 177 Å². The van der Waals surface area contributed by atoms with Crippen LogP contribution in [0.2, 0.25) is 0 Å². The molecule has 0 saturated heterocycles. The largest absolute Gasteiger partial charge is 0.357 e. The summed E-state index contributed by atoms with van der Waals surface area (Å²) >= 11 is 1.78. The Morgan fingerprint density at radius 2 is 1.97 bits per heavy atom. The van der Waals surface area contributed by atoms with Crippen molar-refractivity contribution in [3.05, 3.63) is 51.5 Å². The minimum atomic E-state index is 0.213. The molecule has 2 aromatic rings. The summed E-state index contributed by atoms with van der Waals surface area (Å²) in [5.74, 6) is 1.02. The van der Waals surface area contributed by atoms with Crippen molar-refractivity contribution in [1.29, 1.82) is 0 Å². The molecular formula is C22H31N5OS. The van der Waals surface area contributed by atoms with Crippen LogP contribution in [0.15, 0.2) is 35.5 Å². The van der Waals surface area contributed by atoms with Crippen LogP contribution in [0.1, 0.15) is 47.7 Å². The third-order valence-electron chi connectivity index (χ3n) is 4.94. The van der Waals surface area contributed by atoms with Crippen LogP contribution >= 0.6 is 11.3 Å². The number of hydrogen-bond acceptors (Lipinski definition) is 4. The van der Waals surface area contributed by atoms with Crippen molar-refractivity contribution < 1.29 is 4.79 Å². The Balaban J connectivity index is 1.38. The summed E-state index contributed by atoms with van der Waals surface area (Å²) in [5, 5.41) is 7.78. The van der Waals surface area contributed by atoms with Gasteiger partial charge in [0, 0.05) is 56.6 Å². The number of rotatable bonds is 9. The number of carbonyl (C=O) groups is 1. The van der Waals surface area contributed by atoms with Crippen molar-refractivity contribution in [3.8, 4) is 0 Å². The predicted octanol–water partition coefficient (Wildman–Crippen LogP) is 3.13. The Hall–Kier alpha value is -2.41. The van der Waals surface area contributed by atoms with Crippen LogP contribution in [0.5, 0.6) is 0 Å². The third-order valence-corrected chi connectivity index (χ3v) is 6.14. The highest BCUT2D eigenvalue weighted by atomic mass is 32.1. The zero-order valence-corrected chi connectivity index (χ0v) is 18.2. The lowest BCUT2D eigenvalue weighted by Gasteiger charge is -2.15. The van der Waals surface area contributed by atoms with Crippen molar-refractivity contribution in [3.63, 3.8) is 0 Å². The highest BCUT2D eigenvalue weighted by Gasteiger charge is 2.22. The molecule has 156 valence electrons. The molecule has 0 saturated carbocycles. The summed E-state index contributed by atoms with van der Waals surface area (Å²) in [5.41, 5.74) is 2.53. The molecule has 7 heteroatoms. The van der Waals surface area contributed by atoms with E-state index in [1.165, 1.54) is 16.0 Å². The second-order valence-electron chi connectivity index (χ2n) is 7.13. The fraction of sp³-hybridized carbons (Fsp3) is 0.500. The van der Waals surface area contributed by atoms with Gasteiger partial charge in [0.15, 0.2) is 5.96 Å². The maximum atomic E-state index is 12.5. The second kappa shape index (κ2) is 11.0. The molecule has 0 spiro atoms. The third kappa shape index (κ3) is 6.29. The van der Waals surface area contributed by atoms with Gasteiger partial charge >= 0.3 is 0 Å². The number of aryl methyl sites for hydroxylation is 1. The van der Waals surface area contributed by atoms with Gasteiger partial charge in [-0.15, -0.1) is 11.3 Å². The van der Waals surface area contributed by atoms with Crippen LogP contribution < -0.4 is 10.6 Å². The van der Waals surface area contributed by atoms with E-state index < -0.39 is 0 Å². The number of hydrogen-bond donors (Lipinski definition) is 2. The normalized spacial score (nSPS) is 13.4. The van der Waals surface area contributed by atoms with Crippen LogP contribution in [-0.4, -0.2) is 41.4 Å². The van der Waals surface area contributed by atoms with Crippen molar-refractivity contribution in [2.75, 3.05) is 19.6 Å². The van der Waals surface area contributed by atoms with E-state index in [9.17, 15) is 4.79 Å². The van der Waals surface area contributed by atoms with Crippen molar-refractivity contribution in [1.82, 2.24) is 20.5 Å². The summed E-state index contributed by atoms with van der Waals surface area (Å²) in [6, 6.07) is 8.29. The second-order valence-corrected chi connectivity index (χ2v) is 8.33. The molecule has 2 N–H and O–H groups in total. The number of carbonyl (C=O) groups excluding carboxylic acids is 1. The lowest BCUT2D eigenvalue weighted by atomic mass is 10.1. The fourth-order valence-corrected chi connectivity index (χ4v) is 4.21. The number of aliphatic imine (C=N–C) groups is 1. The Bertz CT molecular complexity index is 807. The molecular weight excluding hydrogens is 382 g/mol. The summed E-state index contributed by atoms with van der Waals surface area (Å²) in [6.07, 6.45) is 5.19. The molecule has 1 aromatic carbocycles. The number of fused-ring (bicyclic) bond motifs is 1. The molecule has 0 aliphatic carbocycles. The average molecular weight is 414 g/mol. The van der Waals surface area contributed by atoms with Crippen molar-refractivity contribution in [2.24, 2.45) is 4.99 Å². The summed E-state index contributed by atoms with van der Waals surface area (Å²) in [7, 11) is 0. The van der Waals surface area contributed by atoms with E-state index in [4.69, 9.17) is 0 Å². The van der Waals surface area contributed by atoms with Crippen LogP contribution in [0.4, 0.5) is 0 Å². The van der Waals surface area contributed by atoms with Gasteiger partial charge in [0.1, 0.15) is 0 Å². The van der Waals surface area contributed by atoms with Gasteiger partial charge in [-0.25, -0.2) is 4.98 Å². The van der Waals surface area contributed by atoms with Crippen LogP contribution in [0.3, 0.4) is 0 Å². The molecule has 1 aliphatic heterocycles. The van der Waals surface area contributed by atoms with E-state index in [-0.39, 0.29) is 5.91 Å². The predicted molar refractivity (Wildman–Crippen MR) is 119 cm³/mol. The Morgan fingerprint density at radius 3 is 2.62 bits per heavy atom. The molecule has 6 nitrogen and oxygen atoms in total. The summed E-state index contributed by atoms with van der Waals surface area (Å²) < 4.78 is 0. The van der Waals surface area contributed by atoms with Crippen LogP contribution in [-0.2, 0) is 30.7 Å². The molecule has 29 heavy (non-hydrogen) atoms. The van der Waals surface area contributed by atoms with Crippen LogP contribution in [0, 0.1) is 0 Å². The maximum absolute atomic E-state index is 12.5. The first-order chi connectivity index (χ1) is 14.2. The number of nitrogens with zero attached hydrogens (tertiary/aromatic N) is 3. The van der Waals surface area contributed by atoms with Gasteiger partial charge in [-0.3, -0.25) is 9.79 Å². The monoisotopic (exact) mass is 413 g/mol. The van der Waals surface area contributed by atoms with Gasteiger partial charge in [-0.2, -0.15) is 0 Å². The Morgan fingerprint density at radius 1 is 1.21 bits per heavy atom. The highest BCUT2D eigenvalue weighted by Crippen LogP contribution is 2.22. The fourth-order valence-electron chi connectivity index (χ4n) is 3.35. The molecule has 0 fully saturated rings. The minimum absolute atomic E-state index is 0.213. The van der Waals surface area contributed by atoms with E-state index >= 15 is 0 Å². The van der Waals surface area contributed by atoms with Crippen molar-refractivity contribution >= 4 is 23.2 Å². The van der Waals surface area contributed by atoms with Gasteiger partial charge in [-0.1, -0.05) is 31.2 Å². The van der Waals surface area contributed by atoms with E-state index in [1.54, 1.807) is 11.3 Å². The lowest BCUT2D eigenvalue weighted by molar-refractivity contribution is -0.131. The number of guanidine groups is 1. The maximum Gasteiger partial charge on any atom is 0.223 e. The first-order valence-electron chi connectivity index (χ1n) is 10.5. The van der Waals surface area contributed by atoms with Crippen LogP contribution in [0.25, 0.3) is 0 Å². The van der Waals surface area contributed by atoms with Gasteiger partial charge in [0.25, 0.3) is 0 Å². The molecule has 0 bridgehead atoms. The molecule has 2 heterocycles. The first-order valence-corrected chi connectivity index (χ1v) is 11.3. The molecule has 0 unspecified atom stereocenters. The van der Waals surface area contributed by atoms with Crippen molar-refractivity contribution in [2.45, 2.75) is 52.6 Å². The molecule has 1 aromatic heterocycles. The number of benzene rings is 1. The number of aromatic nitrogens is 1. The van der Waals surface area contributed by atoms with Gasteiger partial charge < -0.3 is 15.5 Å². The van der Waals surface area contributed by atoms with Gasteiger partial charge in [0.2, 0.25) is 5.91 Å². The smallest absolute Gasteiger partial charge is 0.223 e. The summed E-state index contributed by atoms with van der Waals surface area (Å²) in [4.78, 5) is 24.8. The number of amides is 1. The number of thiazole rings is 1. The molecule has 0 atom stereocenters. The topological polar surface area (TPSA) is 69.6 Å². The highest BCUT2D eigenvalue weighted by molar-refractivity contribution is 7.11. The lowest BCUT2D eigenvalue weighted by Crippen LogP contribution is -2.38. The minimum Gasteiger partial charge on any atom is -0.357 e. The standard InChI is InChI=1S/C22H31N5OS/c1-3-19-14-26-20(29-19)11-13-25-22(23-4-2)24-12-7-10-21(28)27-15-17-8-5-6-9-18(17)16-27/h5-6,8-9,14H,3-4,7,10-13,15-16H2,1-2H3,(H2,23,24,25). The van der Waals surface area contributed by atoms with Gasteiger partial charge in [-0.05, 0) is 30.9 Å². The zero-order chi connectivity index (χ0) is 20.5. The first kappa shape index (κ1) is 21.3. The molecule has 1 aliphatic rings. The van der Waals surface area contributed by atoms with Gasteiger partial charge in [0.05, 0.1) is 5.01 Å².